The van der Waals surface area contributed by atoms with Gasteiger partial charge >= 0.3 is 0 Å². The Bertz CT molecular complexity index is 1020. The molecule has 154 valence electrons. The first-order chi connectivity index (χ1) is 14.0. The van der Waals surface area contributed by atoms with Crippen molar-refractivity contribution in [2.75, 3.05) is 45.2 Å². The van der Waals surface area contributed by atoms with Crippen LogP contribution < -0.4 is 9.64 Å². The Morgan fingerprint density at radius 3 is 2.52 bits per heavy atom. The van der Waals surface area contributed by atoms with Gasteiger partial charge in [-0.3, -0.25) is 3.97 Å². The zero-order chi connectivity index (χ0) is 20.5. The second-order valence-corrected chi connectivity index (χ2v) is 8.57. The maximum Gasteiger partial charge on any atom is 0.265 e. The number of alkyl halides is 2. The Morgan fingerprint density at radius 1 is 1.07 bits per heavy atom. The second kappa shape index (κ2) is 8.42. The lowest BCUT2D eigenvalue weighted by Gasteiger charge is -2.34. The predicted molar refractivity (Wildman–Crippen MR) is 116 cm³/mol. The Morgan fingerprint density at radius 2 is 1.83 bits per heavy atom. The highest BCUT2D eigenvalue weighted by Gasteiger charge is 2.20. The van der Waals surface area contributed by atoms with Gasteiger partial charge in [0.2, 0.25) is 0 Å². The Labute approximate surface area is 178 Å². The number of methoxy groups -OCH3 is 1. The molecule has 1 aliphatic heterocycles. The molecule has 1 aliphatic rings. The van der Waals surface area contributed by atoms with Gasteiger partial charge in [0, 0.05) is 53.2 Å². The van der Waals surface area contributed by atoms with E-state index in [1.165, 1.54) is 18.1 Å². The fraction of sp³-hybridized carbons (Fsp3) is 0.333. The Kier molecular flexibility index (Phi) is 5.90. The van der Waals surface area contributed by atoms with Crippen molar-refractivity contribution in [3.8, 4) is 5.75 Å². The van der Waals surface area contributed by atoms with E-state index >= 15 is 0 Å². The van der Waals surface area contributed by atoms with Crippen molar-refractivity contribution in [2.24, 2.45) is 0 Å². The van der Waals surface area contributed by atoms with Crippen LogP contribution in [0.15, 0.2) is 47.5 Å². The van der Waals surface area contributed by atoms with Crippen LogP contribution in [0.1, 0.15) is 12.0 Å². The molecule has 29 heavy (non-hydrogen) atoms. The van der Waals surface area contributed by atoms with E-state index in [0.717, 1.165) is 42.5 Å². The quantitative estimate of drug-likeness (QED) is 0.521. The van der Waals surface area contributed by atoms with E-state index in [1.807, 2.05) is 12.1 Å². The van der Waals surface area contributed by atoms with Crippen LogP contribution in [0.4, 0.5) is 14.5 Å². The number of likely N-dealkylation sites (N-methyl/N-ethyl adjacent to an activating group) is 1. The van der Waals surface area contributed by atoms with Crippen molar-refractivity contribution < 1.29 is 13.5 Å². The van der Waals surface area contributed by atoms with Crippen LogP contribution in [0.25, 0.3) is 10.9 Å². The maximum atomic E-state index is 13.5. The molecule has 1 aromatic heterocycles. The molecule has 3 aromatic rings. The van der Waals surface area contributed by atoms with Crippen LogP contribution in [-0.2, 0) is 0 Å². The summed E-state index contributed by atoms with van der Waals surface area (Å²) in [5.74, 6) is 0.816. The molecule has 0 unspecified atom stereocenters. The third-order valence-electron chi connectivity index (χ3n) is 5.20. The predicted octanol–water partition coefficient (Wildman–Crippen LogP) is 5.55. The average Bonchev–Trinajstić information content (AvgIpc) is 3.06. The van der Waals surface area contributed by atoms with Gasteiger partial charge in [0.1, 0.15) is 5.75 Å². The Balaban J connectivity index is 1.69. The number of benzene rings is 2. The van der Waals surface area contributed by atoms with Crippen LogP contribution in [0.2, 0.25) is 5.02 Å². The highest BCUT2D eigenvalue weighted by atomic mass is 35.5. The third kappa shape index (κ3) is 4.17. The molecule has 0 atom stereocenters. The summed E-state index contributed by atoms with van der Waals surface area (Å²) >= 11 is 7.44. The standard InChI is InChI=1S/C21H22ClF2N3OS/c1-25-7-9-26(10-8-25)19-12-15(4-6-20(19)28-2)29-27-13-17(21(23)24)16-11-14(22)3-5-18(16)27/h3-6,11-13,21H,7-10H2,1-2H3. The van der Waals surface area contributed by atoms with Crippen LogP contribution in [0.5, 0.6) is 5.75 Å². The molecular weight excluding hydrogens is 416 g/mol. The smallest absolute Gasteiger partial charge is 0.265 e. The van der Waals surface area contributed by atoms with E-state index in [9.17, 15) is 8.78 Å². The molecule has 0 saturated carbocycles. The van der Waals surface area contributed by atoms with Gasteiger partial charge in [-0.15, -0.1) is 0 Å². The molecule has 8 heteroatoms. The number of nitrogens with zero attached hydrogens (tertiary/aromatic N) is 3. The number of aromatic nitrogens is 1. The molecule has 4 rings (SSSR count). The van der Waals surface area contributed by atoms with E-state index in [0.29, 0.717) is 15.9 Å². The van der Waals surface area contributed by atoms with Gasteiger partial charge in [0.15, 0.2) is 0 Å². The maximum absolute atomic E-state index is 13.5. The topological polar surface area (TPSA) is 20.6 Å². The fourth-order valence-corrected chi connectivity index (χ4v) is 4.70. The van der Waals surface area contributed by atoms with Gasteiger partial charge in [0.25, 0.3) is 6.43 Å². The van der Waals surface area contributed by atoms with Crippen molar-refractivity contribution in [1.82, 2.24) is 8.87 Å². The normalized spacial score (nSPS) is 15.4. The fourth-order valence-electron chi connectivity index (χ4n) is 3.58. The SMILES string of the molecule is COc1ccc(Sn2cc(C(F)F)c3cc(Cl)ccc32)cc1N1CCN(C)CC1. The van der Waals surface area contributed by atoms with Crippen LogP contribution in [0, 0.1) is 0 Å². The monoisotopic (exact) mass is 437 g/mol. The Hall–Kier alpha value is -1.96. The van der Waals surface area contributed by atoms with Gasteiger partial charge in [-0.1, -0.05) is 11.6 Å². The summed E-state index contributed by atoms with van der Waals surface area (Å²) in [6.07, 6.45) is -1.06. The van der Waals surface area contributed by atoms with Crippen LogP contribution in [-0.4, -0.2) is 49.2 Å². The molecule has 0 amide bonds. The van der Waals surface area contributed by atoms with Gasteiger partial charge in [-0.2, -0.15) is 0 Å². The van der Waals surface area contributed by atoms with Crippen LogP contribution in [0.3, 0.4) is 0 Å². The molecule has 4 nitrogen and oxygen atoms in total. The minimum atomic E-state index is -2.56. The van der Waals surface area contributed by atoms with Crippen LogP contribution >= 0.6 is 23.5 Å². The van der Waals surface area contributed by atoms with Crippen molar-refractivity contribution in [1.29, 1.82) is 0 Å². The summed E-state index contributed by atoms with van der Waals surface area (Å²) in [4.78, 5) is 5.55. The molecule has 1 fully saturated rings. The molecular formula is C21H22ClF2N3OS. The first-order valence-corrected chi connectivity index (χ1v) is 10.5. The number of halogens is 3. The molecule has 0 bridgehead atoms. The molecule has 0 radical (unpaired) electrons. The summed E-state index contributed by atoms with van der Waals surface area (Å²) in [6, 6.07) is 11.1. The summed E-state index contributed by atoms with van der Waals surface area (Å²) in [5.41, 5.74) is 1.73. The van der Waals surface area contributed by atoms with Crippen molar-refractivity contribution in [3.63, 3.8) is 0 Å². The lowest BCUT2D eigenvalue weighted by Crippen LogP contribution is -2.44. The van der Waals surface area contributed by atoms with Crippen molar-refractivity contribution >= 4 is 40.1 Å². The lowest BCUT2D eigenvalue weighted by molar-refractivity contribution is 0.153. The molecule has 1 saturated heterocycles. The summed E-state index contributed by atoms with van der Waals surface area (Å²) in [5, 5.41) is 0.928. The van der Waals surface area contributed by atoms with E-state index in [2.05, 4.69) is 22.9 Å². The number of hydrogen-bond donors (Lipinski definition) is 0. The highest BCUT2D eigenvalue weighted by Crippen LogP contribution is 2.38. The number of piperazine rings is 1. The second-order valence-electron chi connectivity index (χ2n) is 7.09. The van der Waals surface area contributed by atoms with E-state index in [4.69, 9.17) is 16.3 Å². The highest BCUT2D eigenvalue weighted by molar-refractivity contribution is 7.98. The van der Waals surface area contributed by atoms with Gasteiger partial charge in [-0.25, -0.2) is 8.78 Å². The van der Waals surface area contributed by atoms with Gasteiger partial charge in [-0.05, 0) is 55.4 Å². The molecule has 0 aliphatic carbocycles. The number of anilines is 1. The molecule has 2 heterocycles. The molecule has 2 aromatic carbocycles. The van der Waals surface area contributed by atoms with Crippen molar-refractivity contribution in [2.45, 2.75) is 11.3 Å². The van der Waals surface area contributed by atoms with E-state index < -0.39 is 6.43 Å². The summed E-state index contributed by atoms with van der Waals surface area (Å²) in [7, 11) is 3.78. The summed E-state index contributed by atoms with van der Waals surface area (Å²) < 4.78 is 34.4. The minimum Gasteiger partial charge on any atom is -0.495 e. The van der Waals surface area contributed by atoms with E-state index in [-0.39, 0.29) is 5.56 Å². The van der Waals surface area contributed by atoms with Crippen molar-refractivity contribution in [3.05, 3.63) is 53.2 Å². The minimum absolute atomic E-state index is 0.0113. The zero-order valence-electron chi connectivity index (χ0n) is 16.2. The third-order valence-corrected chi connectivity index (χ3v) is 6.40. The zero-order valence-corrected chi connectivity index (χ0v) is 17.8. The van der Waals surface area contributed by atoms with Gasteiger partial charge in [0.05, 0.1) is 18.3 Å². The average molecular weight is 438 g/mol. The largest absolute Gasteiger partial charge is 0.495 e. The number of rotatable bonds is 5. The number of fused-ring (bicyclic) bond motifs is 1. The number of hydrogen-bond acceptors (Lipinski definition) is 4. The molecule has 0 spiro atoms. The first-order valence-electron chi connectivity index (χ1n) is 9.35. The van der Waals surface area contributed by atoms with E-state index in [1.54, 1.807) is 29.3 Å². The molecule has 0 N–H and O–H groups in total. The lowest BCUT2D eigenvalue weighted by atomic mass is 10.2. The first kappa shape index (κ1) is 20.3. The summed E-state index contributed by atoms with van der Waals surface area (Å²) in [6.45, 7) is 3.81. The number of ether oxygens (including phenoxy) is 1. The van der Waals surface area contributed by atoms with Gasteiger partial charge < -0.3 is 14.5 Å².